The number of aromatic nitrogens is 2. The van der Waals surface area contributed by atoms with Gasteiger partial charge in [0.15, 0.2) is 0 Å². The number of hydrogen-bond donors (Lipinski definition) is 1. The molecule has 2 aromatic heterocycles. The summed E-state index contributed by atoms with van der Waals surface area (Å²) in [6.45, 7) is 2.64. The molecule has 1 aromatic carbocycles. The number of rotatable bonds is 4. The van der Waals surface area contributed by atoms with Crippen LogP contribution in [0.2, 0.25) is 5.28 Å². The molecule has 0 spiro atoms. The van der Waals surface area contributed by atoms with Crippen molar-refractivity contribution in [1.82, 2.24) is 9.97 Å². The minimum atomic E-state index is 0.256. The van der Waals surface area contributed by atoms with Crippen molar-refractivity contribution in [2.24, 2.45) is 0 Å². The van der Waals surface area contributed by atoms with E-state index in [0.717, 1.165) is 32.9 Å². The highest BCUT2D eigenvalue weighted by Gasteiger charge is 2.14. The summed E-state index contributed by atoms with van der Waals surface area (Å²) < 4.78 is 5.47. The van der Waals surface area contributed by atoms with Gasteiger partial charge in [0.1, 0.15) is 16.4 Å². The van der Waals surface area contributed by atoms with E-state index in [1.807, 2.05) is 38.2 Å². The monoisotopic (exact) mass is 319 g/mol. The SMILES string of the molecule is CCOc1ccc(-c2csc3nc(Cl)nc(NC)c23)cc1. The zero-order valence-electron chi connectivity index (χ0n) is 11.7. The van der Waals surface area contributed by atoms with Crippen LogP contribution in [0.4, 0.5) is 5.82 Å². The highest BCUT2D eigenvalue weighted by Crippen LogP contribution is 2.37. The van der Waals surface area contributed by atoms with Crippen molar-refractivity contribution in [1.29, 1.82) is 0 Å². The minimum Gasteiger partial charge on any atom is -0.494 e. The second-order valence-electron chi connectivity index (χ2n) is 4.38. The molecule has 0 radical (unpaired) electrons. The zero-order chi connectivity index (χ0) is 14.8. The number of halogens is 1. The van der Waals surface area contributed by atoms with Gasteiger partial charge in [-0.3, -0.25) is 0 Å². The lowest BCUT2D eigenvalue weighted by Crippen LogP contribution is -1.95. The maximum Gasteiger partial charge on any atom is 0.225 e. The third kappa shape index (κ3) is 2.66. The molecule has 0 saturated carbocycles. The Hall–Kier alpha value is -1.85. The smallest absolute Gasteiger partial charge is 0.225 e. The van der Waals surface area contributed by atoms with E-state index in [1.165, 1.54) is 0 Å². The van der Waals surface area contributed by atoms with Crippen molar-refractivity contribution < 1.29 is 4.74 Å². The third-order valence-electron chi connectivity index (χ3n) is 3.12. The minimum absolute atomic E-state index is 0.256. The van der Waals surface area contributed by atoms with Crippen molar-refractivity contribution in [3.8, 4) is 16.9 Å². The maximum atomic E-state index is 5.94. The average Bonchev–Trinajstić information content (AvgIpc) is 2.91. The average molecular weight is 320 g/mol. The van der Waals surface area contributed by atoms with Crippen molar-refractivity contribution in [2.75, 3.05) is 19.0 Å². The van der Waals surface area contributed by atoms with Crippen LogP contribution in [0.5, 0.6) is 5.75 Å². The molecule has 0 aliphatic carbocycles. The number of fused-ring (bicyclic) bond motifs is 1. The predicted octanol–water partition coefficient (Wildman–Crippen LogP) is 4.45. The van der Waals surface area contributed by atoms with Gasteiger partial charge < -0.3 is 10.1 Å². The molecule has 0 atom stereocenters. The van der Waals surface area contributed by atoms with Gasteiger partial charge in [-0.05, 0) is 36.2 Å². The number of anilines is 1. The first-order chi connectivity index (χ1) is 10.2. The first kappa shape index (κ1) is 14.1. The van der Waals surface area contributed by atoms with Crippen molar-refractivity contribution in [3.63, 3.8) is 0 Å². The number of thiophene rings is 1. The molecular formula is C15H14ClN3OS. The van der Waals surface area contributed by atoms with E-state index in [0.29, 0.717) is 6.61 Å². The molecule has 4 nitrogen and oxygen atoms in total. The first-order valence-corrected chi connectivity index (χ1v) is 7.84. The van der Waals surface area contributed by atoms with Crippen LogP contribution in [-0.4, -0.2) is 23.6 Å². The summed E-state index contributed by atoms with van der Waals surface area (Å²) in [4.78, 5) is 9.41. The van der Waals surface area contributed by atoms with E-state index in [4.69, 9.17) is 16.3 Å². The van der Waals surface area contributed by atoms with Crippen LogP contribution in [0.3, 0.4) is 0 Å². The summed E-state index contributed by atoms with van der Waals surface area (Å²) in [6.07, 6.45) is 0. The fourth-order valence-electron chi connectivity index (χ4n) is 2.21. The maximum absolute atomic E-state index is 5.94. The largest absolute Gasteiger partial charge is 0.494 e. The van der Waals surface area contributed by atoms with Gasteiger partial charge in [0, 0.05) is 18.0 Å². The Morgan fingerprint density at radius 1 is 1.24 bits per heavy atom. The number of hydrogen-bond acceptors (Lipinski definition) is 5. The van der Waals surface area contributed by atoms with Crippen LogP contribution >= 0.6 is 22.9 Å². The lowest BCUT2D eigenvalue weighted by Gasteiger charge is -2.07. The molecule has 108 valence electrons. The van der Waals surface area contributed by atoms with E-state index in [-0.39, 0.29) is 5.28 Å². The zero-order valence-corrected chi connectivity index (χ0v) is 13.3. The Morgan fingerprint density at radius 2 is 2.00 bits per heavy atom. The first-order valence-electron chi connectivity index (χ1n) is 6.58. The molecule has 21 heavy (non-hydrogen) atoms. The van der Waals surface area contributed by atoms with E-state index in [1.54, 1.807) is 11.3 Å². The summed E-state index contributed by atoms with van der Waals surface area (Å²) in [5, 5.41) is 6.41. The lowest BCUT2D eigenvalue weighted by molar-refractivity contribution is 0.340. The van der Waals surface area contributed by atoms with E-state index in [9.17, 15) is 0 Å². The number of ether oxygens (including phenoxy) is 1. The Labute approximate surface area is 131 Å². The van der Waals surface area contributed by atoms with E-state index < -0.39 is 0 Å². The summed E-state index contributed by atoms with van der Waals surface area (Å²) in [6, 6.07) is 8.03. The van der Waals surface area contributed by atoms with Gasteiger partial charge in [-0.1, -0.05) is 12.1 Å². The fourth-order valence-corrected chi connectivity index (χ4v) is 3.37. The highest BCUT2D eigenvalue weighted by molar-refractivity contribution is 7.17. The van der Waals surface area contributed by atoms with Gasteiger partial charge in [-0.2, -0.15) is 0 Å². The summed E-state index contributed by atoms with van der Waals surface area (Å²) in [5.74, 6) is 1.61. The topological polar surface area (TPSA) is 47.0 Å². The predicted molar refractivity (Wildman–Crippen MR) is 88.6 cm³/mol. The Bertz CT molecular complexity index is 770. The third-order valence-corrected chi connectivity index (χ3v) is 4.16. The van der Waals surface area contributed by atoms with Crippen LogP contribution in [0.15, 0.2) is 29.6 Å². The van der Waals surface area contributed by atoms with E-state index >= 15 is 0 Å². The molecule has 3 aromatic rings. The van der Waals surface area contributed by atoms with Crippen molar-refractivity contribution in [2.45, 2.75) is 6.92 Å². The van der Waals surface area contributed by atoms with Gasteiger partial charge in [-0.25, -0.2) is 9.97 Å². The normalized spacial score (nSPS) is 10.8. The number of nitrogens with one attached hydrogen (secondary N) is 1. The van der Waals surface area contributed by atoms with Gasteiger partial charge in [0.2, 0.25) is 5.28 Å². The van der Waals surface area contributed by atoms with Crippen LogP contribution < -0.4 is 10.1 Å². The molecule has 0 saturated heterocycles. The summed E-state index contributed by atoms with van der Waals surface area (Å²) in [5.41, 5.74) is 2.20. The molecule has 6 heteroatoms. The molecule has 0 unspecified atom stereocenters. The van der Waals surface area contributed by atoms with Crippen LogP contribution in [-0.2, 0) is 0 Å². The van der Waals surface area contributed by atoms with Gasteiger partial charge >= 0.3 is 0 Å². The molecular weight excluding hydrogens is 306 g/mol. The lowest BCUT2D eigenvalue weighted by atomic mass is 10.1. The molecule has 0 aliphatic rings. The molecule has 0 fully saturated rings. The molecule has 0 aliphatic heterocycles. The second kappa shape index (κ2) is 5.87. The second-order valence-corrected chi connectivity index (χ2v) is 5.57. The molecule has 0 bridgehead atoms. The van der Waals surface area contributed by atoms with E-state index in [2.05, 4.69) is 20.7 Å². The van der Waals surface area contributed by atoms with Gasteiger partial charge in [-0.15, -0.1) is 11.3 Å². The highest BCUT2D eigenvalue weighted by atomic mass is 35.5. The number of nitrogens with zero attached hydrogens (tertiary/aromatic N) is 2. The van der Waals surface area contributed by atoms with Gasteiger partial charge in [0.05, 0.1) is 12.0 Å². The standard InChI is InChI=1S/C15H14ClN3OS/c1-3-20-10-6-4-9(5-7-10)11-8-21-14-12(11)13(17-2)18-15(16)19-14/h4-8H,3H2,1-2H3,(H,17,18,19). The van der Waals surface area contributed by atoms with Gasteiger partial charge in [0.25, 0.3) is 0 Å². The molecule has 2 heterocycles. The quantitative estimate of drug-likeness (QED) is 0.722. The Balaban J connectivity index is 2.12. The van der Waals surface area contributed by atoms with Crippen molar-refractivity contribution >= 4 is 39.0 Å². The Morgan fingerprint density at radius 3 is 2.67 bits per heavy atom. The summed E-state index contributed by atoms with van der Waals surface area (Å²) in [7, 11) is 1.83. The molecule has 0 amide bonds. The van der Waals surface area contributed by atoms with Crippen LogP contribution in [0.1, 0.15) is 6.92 Å². The molecule has 1 N–H and O–H groups in total. The summed E-state index contributed by atoms with van der Waals surface area (Å²) >= 11 is 7.50. The van der Waals surface area contributed by atoms with Crippen LogP contribution in [0.25, 0.3) is 21.3 Å². The number of benzene rings is 1. The Kier molecular flexibility index (Phi) is 3.94. The van der Waals surface area contributed by atoms with Crippen LogP contribution in [0, 0.1) is 0 Å². The molecule has 3 rings (SSSR count). The van der Waals surface area contributed by atoms with Crippen molar-refractivity contribution in [3.05, 3.63) is 34.9 Å². The fraction of sp³-hybridized carbons (Fsp3) is 0.200.